The van der Waals surface area contributed by atoms with E-state index in [-0.39, 0.29) is 12.1 Å². The van der Waals surface area contributed by atoms with Gasteiger partial charge >= 0.3 is 5.97 Å². The van der Waals surface area contributed by atoms with Gasteiger partial charge in [0.25, 0.3) is 0 Å². The molecule has 4 heteroatoms. The summed E-state index contributed by atoms with van der Waals surface area (Å²) in [4.78, 5) is 13.1. The Morgan fingerprint density at radius 3 is 2.20 bits per heavy atom. The second-order valence-electron chi connectivity index (χ2n) is 6.61. The molecule has 2 aromatic carbocycles. The smallest absolute Gasteiger partial charge is 0.321 e. The van der Waals surface area contributed by atoms with E-state index in [0.29, 0.717) is 13.0 Å². The first-order chi connectivity index (χ1) is 12.2. The minimum absolute atomic E-state index is 0.182. The maximum absolute atomic E-state index is 13.1. The number of esters is 1. The Morgan fingerprint density at radius 1 is 1.08 bits per heavy atom. The first kappa shape index (κ1) is 15.6. The topological polar surface area (TPSA) is 44.1 Å². The highest BCUT2D eigenvalue weighted by molar-refractivity contribution is 5.89. The summed E-state index contributed by atoms with van der Waals surface area (Å²) in [5.41, 5.74) is 2.30. The number of nitrogens with zero attached hydrogens (tertiary/aromatic N) is 2. The first-order valence-electron chi connectivity index (χ1n) is 8.50. The number of aromatic nitrogens is 2. The normalized spacial score (nSPS) is 18.9. The van der Waals surface area contributed by atoms with Crippen LogP contribution in [-0.4, -0.2) is 21.9 Å². The van der Waals surface area contributed by atoms with Crippen molar-refractivity contribution in [1.29, 1.82) is 0 Å². The number of ether oxygens (including phenoxy) is 1. The molecule has 0 aliphatic carbocycles. The van der Waals surface area contributed by atoms with Gasteiger partial charge in [-0.05, 0) is 23.6 Å². The summed E-state index contributed by atoms with van der Waals surface area (Å²) >= 11 is 0. The summed E-state index contributed by atoms with van der Waals surface area (Å²) in [7, 11) is 0. The zero-order valence-corrected chi connectivity index (χ0v) is 14.1. The molecule has 1 saturated heterocycles. The van der Waals surface area contributed by atoms with Crippen molar-refractivity contribution in [3.63, 3.8) is 0 Å². The minimum Gasteiger partial charge on any atom is -0.459 e. The number of aryl methyl sites for hydroxylation is 1. The van der Waals surface area contributed by atoms with Crippen LogP contribution >= 0.6 is 0 Å². The van der Waals surface area contributed by atoms with Crippen LogP contribution in [0.15, 0.2) is 73.1 Å². The van der Waals surface area contributed by atoms with E-state index in [9.17, 15) is 4.79 Å². The fourth-order valence-corrected chi connectivity index (χ4v) is 3.68. The van der Waals surface area contributed by atoms with Gasteiger partial charge in [-0.1, -0.05) is 60.7 Å². The summed E-state index contributed by atoms with van der Waals surface area (Å²) < 4.78 is 7.65. The van der Waals surface area contributed by atoms with Crippen LogP contribution in [0, 0.1) is 6.92 Å². The van der Waals surface area contributed by atoms with E-state index in [4.69, 9.17) is 4.74 Å². The predicted molar refractivity (Wildman–Crippen MR) is 95.1 cm³/mol. The SMILES string of the molecule is Cc1cnn(CC2CC(c3ccccc3)(c3ccccc3)C(=O)O2)c1. The Kier molecular flexibility index (Phi) is 3.88. The molecule has 1 unspecified atom stereocenters. The lowest BCUT2D eigenvalue weighted by Crippen LogP contribution is -2.33. The van der Waals surface area contributed by atoms with Crippen molar-refractivity contribution in [2.24, 2.45) is 0 Å². The van der Waals surface area contributed by atoms with Gasteiger partial charge in [0.05, 0.1) is 12.7 Å². The summed E-state index contributed by atoms with van der Waals surface area (Å²) in [5.74, 6) is -0.182. The van der Waals surface area contributed by atoms with Gasteiger partial charge in [0.2, 0.25) is 0 Å². The van der Waals surface area contributed by atoms with Crippen molar-refractivity contribution < 1.29 is 9.53 Å². The molecular formula is C21H20N2O2. The molecule has 0 bridgehead atoms. The molecular weight excluding hydrogens is 312 g/mol. The molecule has 1 fully saturated rings. The van der Waals surface area contributed by atoms with Crippen LogP contribution in [0.3, 0.4) is 0 Å². The van der Waals surface area contributed by atoms with Crippen molar-refractivity contribution in [1.82, 2.24) is 9.78 Å². The molecule has 0 saturated carbocycles. The second-order valence-corrected chi connectivity index (χ2v) is 6.61. The molecule has 1 aliphatic heterocycles. The summed E-state index contributed by atoms with van der Waals surface area (Å²) in [6, 6.07) is 19.8. The monoisotopic (exact) mass is 332 g/mol. The number of rotatable bonds is 4. The molecule has 3 aromatic rings. The van der Waals surface area contributed by atoms with Gasteiger partial charge in [-0.25, -0.2) is 0 Å². The Balaban J connectivity index is 1.73. The van der Waals surface area contributed by atoms with Gasteiger partial charge in [0.15, 0.2) is 0 Å². The number of hydrogen-bond acceptors (Lipinski definition) is 3. The van der Waals surface area contributed by atoms with E-state index >= 15 is 0 Å². The number of carbonyl (C=O) groups excluding carboxylic acids is 1. The lowest BCUT2D eigenvalue weighted by Gasteiger charge is -2.26. The van der Waals surface area contributed by atoms with E-state index in [0.717, 1.165) is 16.7 Å². The molecule has 0 spiro atoms. The molecule has 25 heavy (non-hydrogen) atoms. The third-order valence-electron chi connectivity index (χ3n) is 4.84. The third kappa shape index (κ3) is 2.74. The average molecular weight is 332 g/mol. The van der Waals surface area contributed by atoms with Crippen LogP contribution in [0.4, 0.5) is 0 Å². The molecule has 4 nitrogen and oxygen atoms in total. The minimum atomic E-state index is -0.755. The molecule has 0 N–H and O–H groups in total. The van der Waals surface area contributed by atoms with Gasteiger partial charge in [0, 0.05) is 12.6 Å². The van der Waals surface area contributed by atoms with E-state index < -0.39 is 5.41 Å². The van der Waals surface area contributed by atoms with Gasteiger partial charge in [-0.15, -0.1) is 0 Å². The Labute approximate surface area is 147 Å². The second kappa shape index (κ2) is 6.20. The Hall–Kier alpha value is -2.88. The Bertz CT molecular complexity index is 832. The van der Waals surface area contributed by atoms with Gasteiger partial charge in [-0.2, -0.15) is 5.10 Å². The molecule has 4 rings (SSSR count). The molecule has 0 amide bonds. The van der Waals surface area contributed by atoms with Crippen LogP contribution in [0.2, 0.25) is 0 Å². The van der Waals surface area contributed by atoms with E-state index in [1.54, 1.807) is 0 Å². The van der Waals surface area contributed by atoms with E-state index in [1.165, 1.54) is 0 Å². The first-order valence-corrected chi connectivity index (χ1v) is 8.50. The van der Waals surface area contributed by atoms with Crippen LogP contribution < -0.4 is 0 Å². The van der Waals surface area contributed by atoms with Crippen molar-refractivity contribution in [3.05, 3.63) is 89.7 Å². The Morgan fingerprint density at radius 2 is 1.68 bits per heavy atom. The molecule has 126 valence electrons. The van der Waals surface area contributed by atoms with Crippen molar-refractivity contribution >= 4 is 5.97 Å². The number of benzene rings is 2. The molecule has 0 radical (unpaired) electrons. The highest BCUT2D eigenvalue weighted by atomic mass is 16.6. The zero-order chi connectivity index (χ0) is 17.3. The molecule has 1 aliphatic rings. The molecule has 1 atom stereocenters. The van der Waals surface area contributed by atoms with E-state index in [2.05, 4.69) is 5.10 Å². The van der Waals surface area contributed by atoms with Gasteiger partial charge < -0.3 is 4.74 Å². The van der Waals surface area contributed by atoms with Crippen molar-refractivity contribution in [2.75, 3.05) is 0 Å². The highest BCUT2D eigenvalue weighted by Gasteiger charge is 2.51. The standard InChI is InChI=1S/C21H20N2O2/c1-16-13-22-23(14-16)15-19-12-21(20(24)25-19,17-8-4-2-5-9-17)18-10-6-3-7-11-18/h2-11,13-14,19H,12,15H2,1H3. The lowest BCUT2D eigenvalue weighted by molar-refractivity contribution is -0.145. The zero-order valence-electron chi connectivity index (χ0n) is 14.1. The largest absolute Gasteiger partial charge is 0.459 e. The van der Waals surface area contributed by atoms with Gasteiger partial charge in [0.1, 0.15) is 11.5 Å². The number of hydrogen-bond donors (Lipinski definition) is 0. The van der Waals surface area contributed by atoms with Crippen molar-refractivity contribution in [3.8, 4) is 0 Å². The van der Waals surface area contributed by atoms with Crippen LogP contribution in [-0.2, 0) is 21.5 Å². The van der Waals surface area contributed by atoms with Crippen molar-refractivity contribution in [2.45, 2.75) is 31.4 Å². The fourth-order valence-electron chi connectivity index (χ4n) is 3.68. The molecule has 2 heterocycles. The summed E-state index contributed by atoms with van der Waals surface area (Å²) in [6.07, 6.45) is 4.20. The fraction of sp³-hybridized carbons (Fsp3) is 0.238. The quantitative estimate of drug-likeness (QED) is 0.687. The summed E-state index contributed by atoms with van der Waals surface area (Å²) in [5, 5.41) is 4.32. The van der Waals surface area contributed by atoms with Crippen LogP contribution in [0.5, 0.6) is 0 Å². The van der Waals surface area contributed by atoms with Gasteiger partial charge in [-0.3, -0.25) is 9.48 Å². The number of cyclic esters (lactones) is 1. The maximum Gasteiger partial charge on any atom is 0.321 e. The lowest BCUT2D eigenvalue weighted by atomic mass is 9.72. The van der Waals surface area contributed by atoms with E-state index in [1.807, 2.05) is 84.7 Å². The average Bonchev–Trinajstić information content (AvgIpc) is 3.20. The van der Waals surface area contributed by atoms with Crippen LogP contribution in [0.25, 0.3) is 0 Å². The molecule has 1 aromatic heterocycles. The highest BCUT2D eigenvalue weighted by Crippen LogP contribution is 2.43. The predicted octanol–water partition coefficient (Wildman–Crippen LogP) is 3.49. The number of carbonyl (C=O) groups is 1. The maximum atomic E-state index is 13.1. The third-order valence-corrected chi connectivity index (χ3v) is 4.84. The van der Waals surface area contributed by atoms with Crippen LogP contribution in [0.1, 0.15) is 23.1 Å². The summed E-state index contributed by atoms with van der Waals surface area (Å²) in [6.45, 7) is 2.57.